The smallest absolute Gasteiger partial charge is 0.326 e. The number of aromatic nitrogens is 1. The number of likely N-dealkylation sites (tertiary alicyclic amines) is 1. The third-order valence-corrected chi connectivity index (χ3v) is 10.6. The third-order valence-electron chi connectivity index (χ3n) is 7.98. The first kappa shape index (κ1) is 21.0. The molecule has 0 unspecified atom stereocenters. The van der Waals surface area contributed by atoms with Gasteiger partial charge in [0.25, 0.3) is 0 Å². The summed E-state index contributed by atoms with van der Waals surface area (Å²) in [6, 6.07) is 6.58. The summed E-state index contributed by atoms with van der Waals surface area (Å²) >= 11 is 2.80. The fourth-order valence-electron chi connectivity index (χ4n) is 6.80. The third kappa shape index (κ3) is 2.70. The zero-order chi connectivity index (χ0) is 23.2. The quantitative estimate of drug-likeness (QED) is 0.638. The van der Waals surface area contributed by atoms with Crippen LogP contribution in [-0.2, 0) is 14.4 Å². The lowest BCUT2D eigenvalue weighted by Crippen LogP contribution is -2.44. The molecule has 8 nitrogen and oxygen atoms in total. The number of hydrogen-bond acceptors (Lipinski definition) is 7. The molecule has 2 N–H and O–H groups in total. The van der Waals surface area contributed by atoms with Gasteiger partial charge in [-0.2, -0.15) is 0 Å². The van der Waals surface area contributed by atoms with Gasteiger partial charge in [0.1, 0.15) is 11.8 Å². The van der Waals surface area contributed by atoms with Gasteiger partial charge in [-0.05, 0) is 37.2 Å². The van der Waals surface area contributed by atoms with Crippen molar-refractivity contribution in [1.29, 1.82) is 0 Å². The van der Waals surface area contributed by atoms with Gasteiger partial charge in [-0.25, -0.2) is 4.79 Å². The second kappa shape index (κ2) is 7.20. The van der Waals surface area contributed by atoms with Gasteiger partial charge in [0.05, 0.1) is 24.0 Å². The molecule has 172 valence electrons. The average Bonchev–Trinajstić information content (AvgIpc) is 3.52. The molecule has 3 fully saturated rings. The number of carboxylic acid groups (broad SMARTS) is 1. The van der Waals surface area contributed by atoms with Crippen LogP contribution in [0.25, 0.3) is 0 Å². The summed E-state index contributed by atoms with van der Waals surface area (Å²) < 4.78 is 5.66. The van der Waals surface area contributed by atoms with Crippen molar-refractivity contribution in [3.05, 3.63) is 44.4 Å². The molecule has 0 spiro atoms. The first-order valence-corrected chi connectivity index (χ1v) is 12.7. The predicted octanol–water partition coefficient (Wildman–Crippen LogP) is 2.39. The normalized spacial score (nSPS) is 34.7. The van der Waals surface area contributed by atoms with E-state index < -0.39 is 23.8 Å². The van der Waals surface area contributed by atoms with Gasteiger partial charge in [0.2, 0.25) is 11.8 Å². The minimum absolute atomic E-state index is 0.0359. The van der Waals surface area contributed by atoms with Crippen LogP contribution in [0.5, 0.6) is 5.75 Å². The molecule has 33 heavy (non-hydrogen) atoms. The lowest BCUT2D eigenvalue weighted by Gasteiger charge is -2.43. The lowest BCUT2D eigenvalue weighted by atomic mass is 9.68. The maximum absolute atomic E-state index is 13.4. The number of ether oxygens (including phenoxy) is 1. The molecule has 4 aliphatic rings. The number of H-pyrrole nitrogens is 1. The molecule has 1 aromatic heterocycles. The molecular weight excluding hydrogens is 464 g/mol. The van der Waals surface area contributed by atoms with Crippen molar-refractivity contribution < 1.29 is 24.2 Å². The van der Waals surface area contributed by atoms with Gasteiger partial charge in [-0.15, -0.1) is 11.8 Å². The summed E-state index contributed by atoms with van der Waals surface area (Å²) in [7, 11) is 1.62. The highest BCUT2D eigenvalue weighted by Crippen LogP contribution is 2.69. The summed E-state index contributed by atoms with van der Waals surface area (Å²) in [5.41, 5.74) is 0.975. The zero-order valence-corrected chi connectivity index (χ0v) is 19.5. The van der Waals surface area contributed by atoms with Crippen molar-refractivity contribution in [3.63, 3.8) is 0 Å². The number of thioether (sulfide) groups is 1. The molecule has 2 aliphatic heterocycles. The van der Waals surface area contributed by atoms with Gasteiger partial charge >= 0.3 is 10.8 Å². The number of rotatable bonds is 4. The number of thiazole rings is 1. The number of hydrogen-bond donors (Lipinski definition) is 2. The number of fused-ring (bicyclic) bond motifs is 9. The maximum Gasteiger partial charge on any atom is 0.326 e. The Balaban J connectivity index is 1.47. The van der Waals surface area contributed by atoms with E-state index in [0.29, 0.717) is 0 Å². The van der Waals surface area contributed by atoms with Crippen LogP contribution >= 0.6 is 23.1 Å². The number of methoxy groups -OCH3 is 1. The van der Waals surface area contributed by atoms with Crippen molar-refractivity contribution in [3.8, 4) is 5.75 Å². The number of aliphatic carboxylic acids is 1. The van der Waals surface area contributed by atoms with E-state index in [4.69, 9.17) is 4.74 Å². The van der Waals surface area contributed by atoms with Crippen molar-refractivity contribution in [1.82, 2.24) is 9.88 Å². The molecule has 3 heterocycles. The Hall–Kier alpha value is -2.59. The highest BCUT2D eigenvalue weighted by atomic mass is 32.2. The molecule has 8 atom stereocenters. The Bertz CT molecular complexity index is 1250. The monoisotopic (exact) mass is 486 g/mol. The molecule has 1 aromatic carbocycles. The summed E-state index contributed by atoms with van der Waals surface area (Å²) in [5, 5.41) is 10.4. The van der Waals surface area contributed by atoms with Crippen LogP contribution < -0.4 is 9.61 Å². The van der Waals surface area contributed by atoms with Gasteiger partial charge in [0.15, 0.2) is 0 Å². The topological polar surface area (TPSA) is 117 Å². The van der Waals surface area contributed by atoms with Crippen LogP contribution in [0.4, 0.5) is 0 Å². The molecule has 2 aromatic rings. The van der Waals surface area contributed by atoms with Gasteiger partial charge in [-0.3, -0.25) is 19.3 Å². The minimum Gasteiger partial charge on any atom is -0.496 e. The number of imide groups is 1. The molecule has 2 aliphatic carbocycles. The first-order valence-electron chi connectivity index (χ1n) is 11.0. The minimum atomic E-state index is -1.18. The highest BCUT2D eigenvalue weighted by molar-refractivity contribution is 8.00. The number of benzene rings is 1. The lowest BCUT2D eigenvalue weighted by molar-refractivity contribution is -0.154. The number of carbonyl (C=O) groups is 3. The van der Waals surface area contributed by atoms with Crippen molar-refractivity contribution >= 4 is 40.9 Å². The first-order chi connectivity index (χ1) is 15.8. The van der Waals surface area contributed by atoms with E-state index in [0.717, 1.165) is 32.5 Å². The molecule has 2 amide bonds. The van der Waals surface area contributed by atoms with Crippen molar-refractivity contribution in [2.24, 2.45) is 29.6 Å². The van der Waals surface area contributed by atoms with E-state index >= 15 is 0 Å². The fraction of sp³-hybridized carbons (Fsp3) is 0.478. The molecule has 2 bridgehead atoms. The number of aromatic amines is 1. The largest absolute Gasteiger partial charge is 0.496 e. The number of nitrogens with zero attached hydrogens (tertiary/aromatic N) is 1. The van der Waals surface area contributed by atoms with Crippen LogP contribution in [0.1, 0.15) is 29.7 Å². The summed E-state index contributed by atoms with van der Waals surface area (Å²) in [4.78, 5) is 55.3. The van der Waals surface area contributed by atoms with Crippen LogP contribution in [0.3, 0.4) is 0 Å². The summed E-state index contributed by atoms with van der Waals surface area (Å²) in [5.74, 6) is -2.32. The molecular formula is C23H22N2O6S2. The van der Waals surface area contributed by atoms with Crippen LogP contribution in [0.15, 0.2) is 34.1 Å². The van der Waals surface area contributed by atoms with E-state index in [-0.39, 0.29) is 45.6 Å². The Morgan fingerprint density at radius 2 is 1.88 bits per heavy atom. The van der Waals surface area contributed by atoms with Crippen LogP contribution in [0.2, 0.25) is 0 Å². The molecule has 0 radical (unpaired) electrons. The second-order valence-corrected chi connectivity index (χ2v) is 11.5. The Kier molecular flexibility index (Phi) is 4.58. The Morgan fingerprint density at radius 3 is 2.58 bits per heavy atom. The summed E-state index contributed by atoms with van der Waals surface area (Å²) in [6.45, 7) is 1.39. The molecule has 6 rings (SSSR count). The van der Waals surface area contributed by atoms with Gasteiger partial charge in [-0.1, -0.05) is 29.5 Å². The maximum atomic E-state index is 13.4. The van der Waals surface area contributed by atoms with Gasteiger partial charge in [0, 0.05) is 21.6 Å². The number of amides is 2. The zero-order valence-electron chi connectivity index (χ0n) is 17.9. The second-order valence-electron chi connectivity index (χ2n) is 9.26. The fourth-order valence-corrected chi connectivity index (χ4v) is 9.68. The van der Waals surface area contributed by atoms with Gasteiger partial charge < -0.3 is 14.8 Å². The average molecular weight is 487 g/mol. The Morgan fingerprint density at radius 1 is 1.18 bits per heavy atom. The van der Waals surface area contributed by atoms with E-state index in [1.54, 1.807) is 18.9 Å². The Labute approximate surface area is 197 Å². The number of para-hydroxylation sites is 1. The molecule has 1 saturated heterocycles. The van der Waals surface area contributed by atoms with Crippen molar-refractivity contribution in [2.45, 2.75) is 35.6 Å². The van der Waals surface area contributed by atoms with E-state index in [1.165, 1.54) is 18.3 Å². The van der Waals surface area contributed by atoms with E-state index in [1.807, 2.05) is 24.3 Å². The number of carbonyl (C=O) groups excluding carboxylic acids is 2. The number of carboxylic acids is 1. The van der Waals surface area contributed by atoms with Crippen LogP contribution in [-0.4, -0.2) is 51.2 Å². The number of nitrogens with one attached hydrogen (secondary N) is 1. The standard InChI is InChI=1S/C23H22N2O6S2/c1-8(22(28)29)25-20(26)15-10-7-11(16(15)21(25)27)17-14(10)13(9-5-3-4-6-12(9)31-2)18-19(32-17)24-23(30)33-18/h3-6,8,10-11,13-17H,7H2,1-2H3,(H,24,30)(H,28,29)/t8-,10-,11+,13+,14-,15+,16+,17-/m1/s1. The van der Waals surface area contributed by atoms with Crippen molar-refractivity contribution in [2.75, 3.05) is 7.11 Å². The molecule has 10 heteroatoms. The van der Waals surface area contributed by atoms with E-state index in [9.17, 15) is 24.3 Å². The SMILES string of the molecule is COc1ccccc1[C@@H]1c2sc(=O)[nH]c2S[C@@H]2[C@H]3C[C@@H]([C@@H]4C(=O)N([C@H](C)C(=O)O)C(=O)[C@@H]34)[C@H]12. The van der Waals surface area contributed by atoms with Crippen LogP contribution in [0, 0.1) is 29.6 Å². The molecule has 2 saturated carbocycles. The van der Waals surface area contributed by atoms with E-state index in [2.05, 4.69) is 4.98 Å². The predicted molar refractivity (Wildman–Crippen MR) is 120 cm³/mol. The highest BCUT2D eigenvalue weighted by Gasteiger charge is 2.70. The summed E-state index contributed by atoms with van der Waals surface area (Å²) in [6.07, 6.45) is 0.759.